The molecule has 3 aromatic rings. The minimum absolute atomic E-state index is 1.14. The molecule has 0 fully saturated rings. The summed E-state index contributed by atoms with van der Waals surface area (Å²) < 4.78 is 4.22. The molecular formula is C19H15NSi. The molecule has 0 radical (unpaired) electrons. The van der Waals surface area contributed by atoms with Crippen LogP contribution in [-0.2, 0) is 0 Å². The molecule has 0 saturated heterocycles. The molecule has 0 aliphatic carbocycles. The first-order valence-electron chi connectivity index (χ1n) is 6.93. The first-order chi connectivity index (χ1) is 10.4. The van der Waals surface area contributed by atoms with Crippen molar-refractivity contribution >= 4 is 23.8 Å². The molecule has 0 bridgehead atoms. The Hall–Kier alpha value is -2.63. The van der Waals surface area contributed by atoms with Gasteiger partial charge in [-0.1, -0.05) is 91.0 Å². The smallest absolute Gasteiger partial charge is 0.398 e. The minimum Gasteiger partial charge on any atom is -0.398 e. The van der Waals surface area contributed by atoms with Crippen molar-refractivity contribution in [3.8, 4) is 0 Å². The molecule has 0 aromatic heterocycles. The molecule has 0 saturated carbocycles. The lowest BCUT2D eigenvalue weighted by atomic mass is 10.3. The van der Waals surface area contributed by atoms with E-state index in [0.29, 0.717) is 0 Å². The maximum atomic E-state index is 8.01. The first kappa shape index (κ1) is 13.4. The first-order valence-corrected chi connectivity index (χ1v) is 8.88. The Morgan fingerprint density at radius 3 is 1.05 bits per heavy atom. The van der Waals surface area contributed by atoms with Crippen molar-refractivity contribution in [2.75, 3.05) is 0 Å². The standard InChI is InChI=1S/C19H15NSi/c1-20-21(17-11-5-2-6-12-17,18-13-7-3-8-14-18)19-15-9-4-10-16-19/h2-16H. The average molecular weight is 285 g/mol. The predicted octanol–water partition coefficient (Wildman–Crippen LogP) is 2.57. The molecule has 0 spiro atoms. The van der Waals surface area contributed by atoms with Gasteiger partial charge in [0.05, 0.1) is 0 Å². The molecule has 0 heterocycles. The van der Waals surface area contributed by atoms with Crippen LogP contribution < -0.4 is 15.6 Å². The van der Waals surface area contributed by atoms with E-state index in [0.717, 1.165) is 15.6 Å². The summed E-state index contributed by atoms with van der Waals surface area (Å²) in [5.41, 5.74) is 0. The van der Waals surface area contributed by atoms with Crippen LogP contribution >= 0.6 is 0 Å². The zero-order chi connectivity index (χ0) is 14.5. The summed E-state index contributed by atoms with van der Waals surface area (Å²) in [5, 5.41) is 3.41. The van der Waals surface area contributed by atoms with Crippen LogP contribution in [0.3, 0.4) is 0 Å². The highest BCUT2D eigenvalue weighted by molar-refractivity contribution is 7.13. The maximum absolute atomic E-state index is 8.01. The van der Waals surface area contributed by atoms with E-state index < -0.39 is 8.24 Å². The fraction of sp³-hybridized carbons (Fsp3) is 0. The second-order valence-corrected chi connectivity index (χ2v) is 8.30. The van der Waals surface area contributed by atoms with E-state index in [1.54, 1.807) is 0 Å². The highest BCUT2D eigenvalue weighted by Gasteiger charge is 2.51. The molecule has 0 aliphatic heterocycles. The normalized spacial score (nSPS) is 10.8. The van der Waals surface area contributed by atoms with Gasteiger partial charge in [0, 0.05) is 15.6 Å². The monoisotopic (exact) mass is 285 g/mol. The van der Waals surface area contributed by atoms with Crippen molar-refractivity contribution in [1.82, 2.24) is 0 Å². The third-order valence-corrected chi connectivity index (χ3v) is 7.58. The second kappa shape index (κ2) is 5.78. The third-order valence-electron chi connectivity index (χ3n) is 3.74. The van der Waals surface area contributed by atoms with Gasteiger partial charge in [0.1, 0.15) is 0 Å². The van der Waals surface area contributed by atoms with Gasteiger partial charge >= 0.3 is 8.24 Å². The summed E-state index contributed by atoms with van der Waals surface area (Å²) in [6.07, 6.45) is 0. The van der Waals surface area contributed by atoms with Crippen LogP contribution in [0, 0.1) is 6.57 Å². The molecular weight excluding hydrogens is 270 g/mol. The second-order valence-electron chi connectivity index (χ2n) is 4.92. The van der Waals surface area contributed by atoms with E-state index in [9.17, 15) is 0 Å². The molecule has 3 rings (SSSR count). The lowest BCUT2D eigenvalue weighted by Gasteiger charge is -2.18. The minimum atomic E-state index is -2.61. The molecule has 3 aromatic carbocycles. The molecule has 21 heavy (non-hydrogen) atoms. The number of rotatable bonds is 3. The Balaban J connectivity index is 2.32. The van der Waals surface area contributed by atoms with Crippen LogP contribution in [0.5, 0.6) is 0 Å². The number of hydrogen-bond acceptors (Lipinski definition) is 0. The van der Waals surface area contributed by atoms with Gasteiger partial charge in [-0.15, -0.1) is 0 Å². The zero-order valence-corrected chi connectivity index (χ0v) is 12.6. The molecule has 0 N–H and O–H groups in total. The Labute approximate surface area is 126 Å². The van der Waals surface area contributed by atoms with Gasteiger partial charge in [0.2, 0.25) is 0 Å². The van der Waals surface area contributed by atoms with Crippen molar-refractivity contribution in [1.29, 1.82) is 0 Å². The van der Waals surface area contributed by atoms with E-state index in [1.165, 1.54) is 0 Å². The number of benzene rings is 3. The Kier molecular flexibility index (Phi) is 3.68. The SMILES string of the molecule is [C-]#[N+][Si](c1ccccc1)(c1ccccc1)c1ccccc1. The van der Waals surface area contributed by atoms with E-state index in [2.05, 4.69) is 40.9 Å². The summed E-state index contributed by atoms with van der Waals surface area (Å²) in [4.78, 5) is 0. The van der Waals surface area contributed by atoms with Gasteiger partial charge in [-0.05, 0) is 0 Å². The van der Waals surface area contributed by atoms with Crippen LogP contribution in [0.15, 0.2) is 91.0 Å². The van der Waals surface area contributed by atoms with Crippen LogP contribution in [0.25, 0.3) is 4.51 Å². The van der Waals surface area contributed by atoms with Crippen molar-refractivity contribution < 1.29 is 0 Å². The van der Waals surface area contributed by atoms with Crippen LogP contribution in [0.1, 0.15) is 0 Å². The molecule has 1 nitrogen and oxygen atoms in total. The largest absolute Gasteiger partial charge is 0.539 e. The molecule has 2 heteroatoms. The van der Waals surface area contributed by atoms with Gasteiger partial charge in [-0.2, -0.15) is 0 Å². The van der Waals surface area contributed by atoms with E-state index in [1.807, 2.05) is 54.6 Å². The van der Waals surface area contributed by atoms with E-state index in [4.69, 9.17) is 6.57 Å². The Morgan fingerprint density at radius 1 is 0.524 bits per heavy atom. The fourth-order valence-electron chi connectivity index (χ4n) is 2.73. The predicted molar refractivity (Wildman–Crippen MR) is 90.6 cm³/mol. The quantitative estimate of drug-likeness (QED) is 0.396. The molecule has 0 amide bonds. The summed E-state index contributed by atoms with van der Waals surface area (Å²) in [6.45, 7) is 8.01. The molecule has 0 aliphatic rings. The lowest BCUT2D eigenvalue weighted by Crippen LogP contribution is -2.64. The van der Waals surface area contributed by atoms with E-state index >= 15 is 0 Å². The zero-order valence-electron chi connectivity index (χ0n) is 11.6. The summed E-state index contributed by atoms with van der Waals surface area (Å²) >= 11 is 0. The van der Waals surface area contributed by atoms with Crippen molar-refractivity contribution in [2.24, 2.45) is 0 Å². The van der Waals surface area contributed by atoms with Gasteiger partial charge in [0.15, 0.2) is 0 Å². The van der Waals surface area contributed by atoms with Gasteiger partial charge in [0.25, 0.3) is 0 Å². The van der Waals surface area contributed by atoms with Crippen molar-refractivity contribution in [2.45, 2.75) is 0 Å². The third kappa shape index (κ3) is 2.28. The Morgan fingerprint density at radius 2 is 0.810 bits per heavy atom. The van der Waals surface area contributed by atoms with Crippen molar-refractivity contribution in [3.63, 3.8) is 0 Å². The van der Waals surface area contributed by atoms with Crippen LogP contribution in [0.2, 0.25) is 0 Å². The van der Waals surface area contributed by atoms with Crippen LogP contribution in [0.4, 0.5) is 0 Å². The van der Waals surface area contributed by atoms with Crippen LogP contribution in [-0.4, -0.2) is 8.24 Å². The average Bonchev–Trinajstić information content (AvgIpc) is 2.59. The molecule has 0 unspecified atom stereocenters. The fourth-order valence-corrected chi connectivity index (χ4v) is 6.14. The topological polar surface area (TPSA) is 4.36 Å². The number of hydrogen-bond donors (Lipinski definition) is 0. The molecule has 100 valence electrons. The highest BCUT2D eigenvalue weighted by atomic mass is 28.3. The van der Waals surface area contributed by atoms with Gasteiger partial charge < -0.3 is 4.51 Å². The number of nitrogens with zero attached hydrogens (tertiary/aromatic N) is 1. The van der Waals surface area contributed by atoms with Gasteiger partial charge in [-0.3, -0.25) is 6.57 Å². The summed E-state index contributed by atoms with van der Waals surface area (Å²) in [7, 11) is -2.61. The van der Waals surface area contributed by atoms with Crippen molar-refractivity contribution in [3.05, 3.63) is 102 Å². The van der Waals surface area contributed by atoms with Gasteiger partial charge in [-0.25, -0.2) is 0 Å². The Bertz CT molecular complexity index is 649. The maximum Gasteiger partial charge on any atom is 0.539 e. The lowest BCUT2D eigenvalue weighted by molar-refractivity contribution is 1.68. The molecule has 0 atom stereocenters. The summed E-state index contributed by atoms with van der Waals surface area (Å²) in [6, 6.07) is 30.7. The highest BCUT2D eigenvalue weighted by Crippen LogP contribution is 2.08. The summed E-state index contributed by atoms with van der Waals surface area (Å²) in [5.74, 6) is 0. The van der Waals surface area contributed by atoms with E-state index in [-0.39, 0.29) is 0 Å².